The highest BCUT2D eigenvalue weighted by atomic mass is 16.4. The number of benzene rings is 1. The SMILES string of the molecule is CCCC(CC)Cc1ccccc1C(=O)O. The highest BCUT2D eigenvalue weighted by Gasteiger charge is 2.13. The summed E-state index contributed by atoms with van der Waals surface area (Å²) in [5.41, 5.74) is 1.42. The van der Waals surface area contributed by atoms with E-state index in [2.05, 4.69) is 13.8 Å². The van der Waals surface area contributed by atoms with Crippen LogP contribution in [0, 0.1) is 5.92 Å². The predicted octanol–water partition coefficient (Wildman–Crippen LogP) is 3.75. The third-order valence-electron chi connectivity index (χ3n) is 3.03. The van der Waals surface area contributed by atoms with E-state index in [1.54, 1.807) is 12.1 Å². The van der Waals surface area contributed by atoms with Crippen molar-refractivity contribution in [2.24, 2.45) is 5.92 Å². The van der Waals surface area contributed by atoms with Gasteiger partial charge in [0.1, 0.15) is 0 Å². The molecule has 1 rings (SSSR count). The summed E-state index contributed by atoms with van der Waals surface area (Å²) >= 11 is 0. The van der Waals surface area contributed by atoms with E-state index in [4.69, 9.17) is 5.11 Å². The van der Waals surface area contributed by atoms with Gasteiger partial charge < -0.3 is 5.11 Å². The van der Waals surface area contributed by atoms with Crippen molar-refractivity contribution in [1.29, 1.82) is 0 Å². The largest absolute Gasteiger partial charge is 0.478 e. The topological polar surface area (TPSA) is 37.3 Å². The lowest BCUT2D eigenvalue weighted by molar-refractivity contribution is 0.0695. The molecule has 0 heterocycles. The number of carboxylic acids is 1. The Morgan fingerprint density at radius 3 is 2.56 bits per heavy atom. The Morgan fingerprint density at radius 1 is 1.31 bits per heavy atom. The number of aromatic carboxylic acids is 1. The molecule has 0 saturated carbocycles. The molecule has 1 aromatic carbocycles. The van der Waals surface area contributed by atoms with E-state index in [1.807, 2.05) is 12.1 Å². The Bertz CT molecular complexity index is 344. The predicted molar refractivity (Wildman–Crippen MR) is 65.8 cm³/mol. The zero-order chi connectivity index (χ0) is 12.0. The molecule has 1 aromatic rings. The van der Waals surface area contributed by atoms with Crippen LogP contribution in [0.5, 0.6) is 0 Å². The van der Waals surface area contributed by atoms with E-state index in [-0.39, 0.29) is 0 Å². The van der Waals surface area contributed by atoms with E-state index in [1.165, 1.54) is 6.42 Å². The third kappa shape index (κ3) is 3.37. The maximum absolute atomic E-state index is 11.0. The van der Waals surface area contributed by atoms with Gasteiger partial charge in [-0.05, 0) is 24.0 Å². The zero-order valence-corrected chi connectivity index (χ0v) is 10.1. The van der Waals surface area contributed by atoms with Gasteiger partial charge in [-0.1, -0.05) is 51.3 Å². The first-order valence-electron chi connectivity index (χ1n) is 6.00. The van der Waals surface area contributed by atoms with E-state index >= 15 is 0 Å². The first kappa shape index (κ1) is 12.8. The van der Waals surface area contributed by atoms with Crippen molar-refractivity contribution < 1.29 is 9.90 Å². The smallest absolute Gasteiger partial charge is 0.335 e. The summed E-state index contributed by atoms with van der Waals surface area (Å²) in [6.07, 6.45) is 4.33. The van der Waals surface area contributed by atoms with Gasteiger partial charge in [0.05, 0.1) is 5.56 Å². The molecule has 0 spiro atoms. The highest BCUT2D eigenvalue weighted by Crippen LogP contribution is 2.20. The second-order valence-corrected chi connectivity index (χ2v) is 4.23. The van der Waals surface area contributed by atoms with Crippen molar-refractivity contribution in [2.75, 3.05) is 0 Å². The van der Waals surface area contributed by atoms with Gasteiger partial charge in [-0.2, -0.15) is 0 Å². The minimum Gasteiger partial charge on any atom is -0.478 e. The standard InChI is InChI=1S/C14H20O2/c1-3-7-11(4-2)10-12-8-5-6-9-13(12)14(15)16/h5-6,8-9,11H,3-4,7,10H2,1-2H3,(H,15,16). The molecule has 16 heavy (non-hydrogen) atoms. The van der Waals surface area contributed by atoms with E-state index in [0.29, 0.717) is 11.5 Å². The van der Waals surface area contributed by atoms with Crippen LogP contribution in [0.2, 0.25) is 0 Å². The molecule has 0 aromatic heterocycles. The van der Waals surface area contributed by atoms with E-state index in [9.17, 15) is 4.79 Å². The maximum Gasteiger partial charge on any atom is 0.335 e. The average Bonchev–Trinajstić information content (AvgIpc) is 2.29. The van der Waals surface area contributed by atoms with Gasteiger partial charge in [0, 0.05) is 0 Å². The maximum atomic E-state index is 11.0. The van der Waals surface area contributed by atoms with Crippen molar-refractivity contribution in [3.05, 3.63) is 35.4 Å². The third-order valence-corrected chi connectivity index (χ3v) is 3.03. The first-order chi connectivity index (χ1) is 7.69. The molecule has 0 saturated heterocycles. The molecule has 0 aliphatic rings. The number of carbonyl (C=O) groups is 1. The molecular weight excluding hydrogens is 200 g/mol. The molecule has 2 heteroatoms. The summed E-state index contributed by atoms with van der Waals surface area (Å²) < 4.78 is 0. The molecular formula is C14H20O2. The van der Waals surface area contributed by atoms with Crippen LogP contribution in [-0.2, 0) is 6.42 Å². The number of hydrogen-bond donors (Lipinski definition) is 1. The average molecular weight is 220 g/mol. The zero-order valence-electron chi connectivity index (χ0n) is 10.1. The van der Waals surface area contributed by atoms with Gasteiger partial charge >= 0.3 is 5.97 Å². The van der Waals surface area contributed by atoms with Crippen molar-refractivity contribution in [3.63, 3.8) is 0 Å². The highest BCUT2D eigenvalue weighted by molar-refractivity contribution is 5.89. The van der Waals surface area contributed by atoms with Gasteiger partial charge in [0.2, 0.25) is 0 Å². The second-order valence-electron chi connectivity index (χ2n) is 4.23. The molecule has 1 unspecified atom stereocenters. The van der Waals surface area contributed by atoms with Crippen LogP contribution in [0.25, 0.3) is 0 Å². The minimum atomic E-state index is -0.818. The monoisotopic (exact) mass is 220 g/mol. The molecule has 0 aliphatic carbocycles. The molecule has 2 nitrogen and oxygen atoms in total. The summed E-state index contributed by atoms with van der Waals surface area (Å²) in [5, 5.41) is 9.08. The molecule has 0 aliphatic heterocycles. The van der Waals surface area contributed by atoms with Crippen LogP contribution in [0.15, 0.2) is 24.3 Å². The van der Waals surface area contributed by atoms with E-state index < -0.39 is 5.97 Å². The van der Waals surface area contributed by atoms with Gasteiger partial charge in [0.25, 0.3) is 0 Å². The summed E-state index contributed by atoms with van der Waals surface area (Å²) in [6, 6.07) is 7.33. The molecule has 0 amide bonds. The van der Waals surface area contributed by atoms with Gasteiger partial charge in [-0.25, -0.2) is 4.79 Å². The lowest BCUT2D eigenvalue weighted by Crippen LogP contribution is -2.08. The number of rotatable bonds is 6. The number of carboxylic acid groups (broad SMARTS) is 1. The van der Waals surface area contributed by atoms with Crippen LogP contribution < -0.4 is 0 Å². The Balaban J connectivity index is 2.82. The van der Waals surface area contributed by atoms with Gasteiger partial charge in [-0.15, -0.1) is 0 Å². The lowest BCUT2D eigenvalue weighted by atomic mass is 9.90. The van der Waals surface area contributed by atoms with Gasteiger partial charge in [-0.3, -0.25) is 0 Å². The van der Waals surface area contributed by atoms with E-state index in [0.717, 1.165) is 24.8 Å². The molecule has 0 fully saturated rings. The Morgan fingerprint density at radius 2 is 2.00 bits per heavy atom. The number of hydrogen-bond acceptors (Lipinski definition) is 1. The fourth-order valence-electron chi connectivity index (χ4n) is 2.08. The Hall–Kier alpha value is -1.31. The van der Waals surface area contributed by atoms with Crippen molar-refractivity contribution in [3.8, 4) is 0 Å². The summed E-state index contributed by atoms with van der Waals surface area (Å²) in [6.45, 7) is 4.34. The molecule has 1 N–H and O–H groups in total. The van der Waals surface area contributed by atoms with Crippen molar-refractivity contribution in [1.82, 2.24) is 0 Å². The minimum absolute atomic E-state index is 0.456. The summed E-state index contributed by atoms with van der Waals surface area (Å²) in [4.78, 5) is 11.0. The van der Waals surface area contributed by atoms with Crippen LogP contribution in [0.4, 0.5) is 0 Å². The fourth-order valence-corrected chi connectivity index (χ4v) is 2.08. The fraction of sp³-hybridized carbons (Fsp3) is 0.500. The first-order valence-corrected chi connectivity index (χ1v) is 6.00. The molecule has 0 radical (unpaired) electrons. The van der Waals surface area contributed by atoms with Crippen LogP contribution in [0.1, 0.15) is 49.0 Å². The Labute approximate surface area is 97.3 Å². The molecule has 1 atom stereocenters. The quantitative estimate of drug-likeness (QED) is 0.792. The second kappa shape index (κ2) is 6.31. The van der Waals surface area contributed by atoms with Crippen LogP contribution in [-0.4, -0.2) is 11.1 Å². The van der Waals surface area contributed by atoms with Gasteiger partial charge in [0.15, 0.2) is 0 Å². The van der Waals surface area contributed by atoms with Crippen molar-refractivity contribution >= 4 is 5.97 Å². The van der Waals surface area contributed by atoms with Crippen molar-refractivity contribution in [2.45, 2.75) is 39.5 Å². The summed E-state index contributed by atoms with van der Waals surface area (Å²) in [7, 11) is 0. The van der Waals surface area contributed by atoms with Crippen LogP contribution in [0.3, 0.4) is 0 Å². The molecule has 88 valence electrons. The lowest BCUT2D eigenvalue weighted by Gasteiger charge is -2.15. The Kier molecular flexibility index (Phi) is 5.03. The molecule has 0 bridgehead atoms. The normalized spacial score (nSPS) is 12.4. The summed E-state index contributed by atoms with van der Waals surface area (Å²) in [5.74, 6) is -0.215. The van der Waals surface area contributed by atoms with Crippen LogP contribution >= 0.6 is 0 Å².